The van der Waals surface area contributed by atoms with Crippen LogP contribution in [0.15, 0.2) is 0 Å². The minimum absolute atomic E-state index is 0.00350. The number of aliphatic hydroxyl groups is 9. The summed E-state index contributed by atoms with van der Waals surface area (Å²) in [6, 6.07) is -2.20. The number of hydrogen-bond acceptors (Lipinski definition) is 29. The Kier molecular flexibility index (Phi) is 46.0. The van der Waals surface area contributed by atoms with Gasteiger partial charge in [-0.3, -0.25) is 33.6 Å². The Balaban J connectivity index is 1.56. The molecule has 33 nitrogen and oxygen atoms in total. The van der Waals surface area contributed by atoms with E-state index in [9.17, 15) is 79.5 Å². The van der Waals surface area contributed by atoms with Gasteiger partial charge in [0.05, 0.1) is 112 Å². The summed E-state index contributed by atoms with van der Waals surface area (Å²) >= 11 is 0. The molecule has 16 atom stereocenters. The fourth-order valence-electron chi connectivity index (χ4n) is 11.0. The molecular weight excluding hydrogens is 1290 g/mol. The van der Waals surface area contributed by atoms with Gasteiger partial charge in [0, 0.05) is 111 Å². The molecule has 0 aliphatic carbocycles. The Labute approximate surface area is 568 Å². The predicted molar refractivity (Wildman–Crippen MR) is 340 cm³/mol. The molecule has 33 heteroatoms. The van der Waals surface area contributed by atoms with Crippen LogP contribution in [-0.2, 0) is 95.1 Å². The third kappa shape index (κ3) is 35.9. The molecule has 3 saturated heterocycles. The molecule has 0 bridgehead atoms. The van der Waals surface area contributed by atoms with Gasteiger partial charge in [0.2, 0.25) is 23.6 Å². The minimum Gasteiger partial charge on any atom is -0.394 e. The predicted octanol–water partition coefficient (Wildman–Crippen LogP) is -2.95. The number of Topliss-reactive ketones (excluding diaryl/α,β-unsaturated/α-hetero) is 3. The summed E-state index contributed by atoms with van der Waals surface area (Å²) in [7, 11) is 1.58. The zero-order valence-corrected chi connectivity index (χ0v) is 57.0. The number of ketones is 3. The maximum absolute atomic E-state index is 13.9. The molecule has 16 unspecified atom stereocenters. The Morgan fingerprint density at radius 2 is 0.825 bits per heavy atom. The number of carbonyl (C=O) groups is 7. The van der Waals surface area contributed by atoms with Gasteiger partial charge in [0.25, 0.3) is 0 Å². The lowest BCUT2D eigenvalue weighted by atomic mass is 9.81. The van der Waals surface area contributed by atoms with Crippen molar-refractivity contribution in [3.05, 3.63) is 0 Å². The van der Waals surface area contributed by atoms with E-state index in [-0.39, 0.29) is 205 Å². The smallest absolute Gasteiger partial charge is 0.220 e. The summed E-state index contributed by atoms with van der Waals surface area (Å²) in [5.41, 5.74) is -1.20. The Hall–Kier alpha value is -3.99. The van der Waals surface area contributed by atoms with Gasteiger partial charge in [0.1, 0.15) is 78.3 Å². The minimum atomic E-state index is -1.46. The zero-order chi connectivity index (χ0) is 71.4. The molecule has 3 aliphatic rings. The fraction of sp³-hybridized carbons (Fsp3) is 0.891. The van der Waals surface area contributed by atoms with Crippen LogP contribution >= 0.6 is 0 Å². The third-order valence-corrected chi connectivity index (χ3v) is 16.5. The molecule has 3 fully saturated rings. The number of aliphatic hydroxyl groups excluding tert-OH is 9. The highest BCUT2D eigenvalue weighted by Gasteiger charge is 2.47. The molecule has 0 saturated carbocycles. The summed E-state index contributed by atoms with van der Waals surface area (Å²) in [4.78, 5) is 90.7. The number of amides is 4. The van der Waals surface area contributed by atoms with Gasteiger partial charge >= 0.3 is 0 Å². The largest absolute Gasteiger partial charge is 0.394 e. The number of nitrogens with one attached hydrogen (secondary N) is 4. The Bertz CT molecular complexity index is 2110. The molecule has 4 amide bonds. The lowest BCUT2D eigenvalue weighted by Gasteiger charge is -2.42. The first-order chi connectivity index (χ1) is 46.6. The molecule has 0 radical (unpaired) electrons. The van der Waals surface area contributed by atoms with Crippen molar-refractivity contribution >= 4 is 41.0 Å². The fourth-order valence-corrected chi connectivity index (χ4v) is 11.0. The molecule has 0 aromatic carbocycles. The average molecular weight is 1400 g/mol. The quantitative estimate of drug-likeness (QED) is 0.0271. The summed E-state index contributed by atoms with van der Waals surface area (Å²) in [6.07, 6.45) is -11.0. The molecular formula is C64H114N4O29. The van der Waals surface area contributed by atoms with Gasteiger partial charge in [-0.05, 0) is 57.3 Å². The van der Waals surface area contributed by atoms with Crippen LogP contribution in [0, 0.1) is 5.92 Å². The second-order valence-electron chi connectivity index (χ2n) is 24.4. The van der Waals surface area contributed by atoms with E-state index < -0.39 is 129 Å². The van der Waals surface area contributed by atoms with E-state index in [0.29, 0.717) is 38.7 Å². The van der Waals surface area contributed by atoms with Gasteiger partial charge in [-0.2, -0.15) is 0 Å². The number of methoxy groups -OCH3 is 1. The lowest BCUT2D eigenvalue weighted by molar-refractivity contribution is -0.272. The normalized spacial score (nSPS) is 26.5. The van der Waals surface area contributed by atoms with Crippen LogP contribution in [-0.4, -0.2) is 318 Å². The first-order valence-corrected chi connectivity index (χ1v) is 33.9. The van der Waals surface area contributed by atoms with Crippen LogP contribution in [0.3, 0.4) is 0 Å². The molecule has 564 valence electrons. The first kappa shape index (κ1) is 87.2. The molecule has 13 N–H and O–H groups in total. The molecule has 0 spiro atoms. The SMILES string of the molecule is COCCCCC(=O)CCCC(=O)NC(CCC(=O)CCCOCCOCCOC1CC(C)C(O)C(O)C(CO)O1)(CCC(=O)CCCOCCOCCOC1OC(CO)C(O)C(O)C1NC(C)=O)CCC(=O)NCCOCCOCCOC1OC(CO)C(O)C(O)C1NC(C)=O. The van der Waals surface area contributed by atoms with E-state index in [4.69, 9.17) is 61.6 Å². The van der Waals surface area contributed by atoms with Crippen LogP contribution in [0.2, 0.25) is 0 Å². The summed E-state index contributed by atoms with van der Waals surface area (Å²) < 4.78 is 72.7. The van der Waals surface area contributed by atoms with Crippen LogP contribution in [0.1, 0.15) is 130 Å². The van der Waals surface area contributed by atoms with E-state index >= 15 is 0 Å². The van der Waals surface area contributed by atoms with Crippen molar-refractivity contribution < 1.29 is 141 Å². The van der Waals surface area contributed by atoms with Gasteiger partial charge < -0.3 is 129 Å². The molecule has 0 aromatic rings. The lowest BCUT2D eigenvalue weighted by Crippen LogP contribution is -2.64. The Morgan fingerprint density at radius 1 is 0.423 bits per heavy atom. The Morgan fingerprint density at radius 3 is 1.30 bits per heavy atom. The first-order valence-electron chi connectivity index (χ1n) is 33.9. The van der Waals surface area contributed by atoms with Crippen molar-refractivity contribution in [2.45, 2.75) is 221 Å². The second kappa shape index (κ2) is 51.2. The summed E-state index contributed by atoms with van der Waals surface area (Å²) in [5.74, 6) is -2.39. The van der Waals surface area contributed by atoms with Crippen LogP contribution in [0.5, 0.6) is 0 Å². The number of unbranched alkanes of at least 4 members (excludes halogenated alkanes) is 1. The summed E-state index contributed by atoms with van der Waals surface area (Å²) in [6.45, 7) is 5.12. The van der Waals surface area contributed by atoms with Crippen molar-refractivity contribution in [1.82, 2.24) is 21.3 Å². The van der Waals surface area contributed by atoms with Crippen molar-refractivity contribution in [3.8, 4) is 0 Å². The molecule has 3 rings (SSSR count). The standard InChI is InChI=1S/C64H114N4O29/c1-42-38-53(95-48(39-69)57(80)56(42)79)92-35-32-89-29-26-86-23-8-12-46(75)15-18-64(68-52(78)14-7-11-45(74)10-5-6-22-85-4,19-16-47(76)13-9-24-87-27-30-90-33-36-93-62-54(66-43(2)72)60(83)58(81)49(40-70)96-62)20-17-51(77)65-21-25-88-28-31-91-34-37-94-63-55(67-44(3)73)61(84)59(82)50(41-71)97-63/h42,48-50,53-63,69-71,79-84H,5-41H2,1-4H3,(H,65,77)(H,66,72)(H,67,73)(H,68,78). The van der Waals surface area contributed by atoms with E-state index in [0.717, 1.165) is 6.42 Å². The van der Waals surface area contributed by atoms with Crippen molar-refractivity contribution in [2.24, 2.45) is 5.92 Å². The van der Waals surface area contributed by atoms with Gasteiger partial charge in [-0.15, -0.1) is 0 Å². The monoisotopic (exact) mass is 1400 g/mol. The maximum Gasteiger partial charge on any atom is 0.220 e. The molecule has 3 heterocycles. The number of hydrogen-bond donors (Lipinski definition) is 13. The highest BCUT2D eigenvalue weighted by Crippen LogP contribution is 2.30. The highest BCUT2D eigenvalue weighted by molar-refractivity contribution is 5.82. The second-order valence-corrected chi connectivity index (χ2v) is 24.4. The van der Waals surface area contributed by atoms with E-state index in [1.54, 1.807) is 14.0 Å². The average Bonchev–Trinajstić information content (AvgIpc) is 1.46. The van der Waals surface area contributed by atoms with Gasteiger partial charge in [-0.25, -0.2) is 0 Å². The summed E-state index contributed by atoms with van der Waals surface area (Å²) in [5, 5.41) is 102. The van der Waals surface area contributed by atoms with Crippen LogP contribution in [0.4, 0.5) is 0 Å². The topological polar surface area (TPSA) is 470 Å². The van der Waals surface area contributed by atoms with Gasteiger partial charge in [-0.1, -0.05) is 6.92 Å². The highest BCUT2D eigenvalue weighted by atomic mass is 16.7. The van der Waals surface area contributed by atoms with E-state index in [1.807, 2.05) is 0 Å². The number of rotatable bonds is 56. The molecule has 3 aliphatic heterocycles. The van der Waals surface area contributed by atoms with Crippen LogP contribution < -0.4 is 21.3 Å². The van der Waals surface area contributed by atoms with Crippen molar-refractivity contribution in [1.29, 1.82) is 0 Å². The number of carbonyl (C=O) groups excluding carboxylic acids is 7. The number of ether oxygens (including phenoxy) is 13. The maximum atomic E-state index is 13.9. The van der Waals surface area contributed by atoms with Gasteiger partial charge in [0.15, 0.2) is 18.9 Å². The third-order valence-electron chi connectivity index (χ3n) is 16.5. The molecule has 0 aromatic heterocycles. The van der Waals surface area contributed by atoms with Crippen molar-refractivity contribution in [3.63, 3.8) is 0 Å². The van der Waals surface area contributed by atoms with E-state index in [1.165, 1.54) is 13.8 Å². The van der Waals surface area contributed by atoms with E-state index in [2.05, 4.69) is 21.3 Å². The molecule has 97 heavy (non-hydrogen) atoms. The van der Waals surface area contributed by atoms with Crippen LogP contribution in [0.25, 0.3) is 0 Å². The van der Waals surface area contributed by atoms with Crippen molar-refractivity contribution in [2.75, 3.05) is 139 Å². The zero-order valence-electron chi connectivity index (χ0n) is 57.0.